The smallest absolute Gasteiger partial charge is 0.252 e. The topological polar surface area (TPSA) is 52.7 Å². The lowest BCUT2D eigenvalue weighted by atomic mass is 10.1. The van der Waals surface area contributed by atoms with E-state index >= 15 is 0 Å². The number of nitrogens with one attached hydrogen (secondary N) is 1. The third kappa shape index (κ3) is 6.97. The van der Waals surface area contributed by atoms with Gasteiger partial charge in [0, 0.05) is 38.3 Å². The van der Waals surface area contributed by atoms with Crippen LogP contribution in [0.1, 0.15) is 27.9 Å². The van der Waals surface area contributed by atoms with Crippen LogP contribution in [0.3, 0.4) is 0 Å². The first-order valence-corrected chi connectivity index (χ1v) is 12.6. The quantitative estimate of drug-likeness (QED) is 0.632. The van der Waals surface area contributed by atoms with Gasteiger partial charge in [-0.2, -0.15) is 11.8 Å². The van der Waals surface area contributed by atoms with Crippen molar-refractivity contribution in [1.29, 1.82) is 0 Å². The number of nitrogens with zero attached hydrogens (tertiary/aromatic N) is 2. The predicted molar refractivity (Wildman–Crippen MR) is 134 cm³/mol. The standard InChI is InChI=1S/C26H33N3O2S/c1-21-9-6-7-13-23(21)25(30)27-24(14-20-32-2)26(31)29-18-16-28(17-19-29)15-8-12-22-10-4-3-5-11-22/h3-13,24H,14-20H2,1-2H3,(H,27,30)/b12-8+. The van der Waals surface area contributed by atoms with E-state index in [2.05, 4.69) is 34.5 Å². The van der Waals surface area contributed by atoms with Gasteiger partial charge < -0.3 is 10.2 Å². The molecule has 1 aliphatic rings. The first kappa shape index (κ1) is 24.1. The van der Waals surface area contributed by atoms with Crippen LogP contribution in [-0.4, -0.2) is 72.4 Å². The summed E-state index contributed by atoms with van der Waals surface area (Å²) in [6.45, 7) is 5.84. The summed E-state index contributed by atoms with van der Waals surface area (Å²) in [4.78, 5) is 30.3. The fourth-order valence-corrected chi connectivity index (χ4v) is 4.30. The molecule has 2 aromatic carbocycles. The zero-order chi connectivity index (χ0) is 22.8. The van der Waals surface area contributed by atoms with Crippen LogP contribution in [0.15, 0.2) is 60.7 Å². The minimum atomic E-state index is -0.487. The minimum absolute atomic E-state index is 0.0282. The van der Waals surface area contributed by atoms with Gasteiger partial charge in [0.1, 0.15) is 6.04 Å². The lowest BCUT2D eigenvalue weighted by molar-refractivity contribution is -0.135. The predicted octanol–water partition coefficient (Wildman–Crippen LogP) is 3.70. The molecule has 32 heavy (non-hydrogen) atoms. The zero-order valence-electron chi connectivity index (χ0n) is 19.0. The second-order valence-corrected chi connectivity index (χ2v) is 9.05. The number of hydrogen-bond donors (Lipinski definition) is 1. The van der Waals surface area contributed by atoms with E-state index in [4.69, 9.17) is 0 Å². The number of amides is 2. The van der Waals surface area contributed by atoms with Gasteiger partial charge in [-0.05, 0) is 42.5 Å². The molecule has 5 nitrogen and oxygen atoms in total. The molecule has 0 radical (unpaired) electrons. The van der Waals surface area contributed by atoms with E-state index in [1.165, 1.54) is 5.56 Å². The van der Waals surface area contributed by atoms with Crippen molar-refractivity contribution in [2.75, 3.05) is 44.7 Å². The second-order valence-electron chi connectivity index (χ2n) is 8.06. The fourth-order valence-electron chi connectivity index (χ4n) is 3.83. The Hall–Kier alpha value is -2.57. The molecule has 2 aromatic rings. The Bertz CT molecular complexity index is 908. The summed E-state index contributed by atoms with van der Waals surface area (Å²) in [5.74, 6) is 0.682. The molecule has 1 unspecified atom stereocenters. The Morgan fingerprint density at radius 1 is 1.03 bits per heavy atom. The Morgan fingerprint density at radius 2 is 1.72 bits per heavy atom. The molecule has 1 fully saturated rings. The molecule has 2 amide bonds. The van der Waals surface area contributed by atoms with Gasteiger partial charge in [0.25, 0.3) is 5.91 Å². The van der Waals surface area contributed by atoms with Crippen molar-refractivity contribution in [3.8, 4) is 0 Å². The third-order valence-electron chi connectivity index (χ3n) is 5.76. The first-order chi connectivity index (χ1) is 15.6. The number of hydrogen-bond acceptors (Lipinski definition) is 4. The molecule has 1 aliphatic heterocycles. The van der Waals surface area contributed by atoms with Crippen molar-refractivity contribution in [2.45, 2.75) is 19.4 Å². The van der Waals surface area contributed by atoms with Gasteiger partial charge in [0.15, 0.2) is 0 Å². The highest BCUT2D eigenvalue weighted by Crippen LogP contribution is 2.12. The van der Waals surface area contributed by atoms with Gasteiger partial charge in [-0.25, -0.2) is 0 Å². The summed E-state index contributed by atoms with van der Waals surface area (Å²) in [5, 5.41) is 3.00. The summed E-state index contributed by atoms with van der Waals surface area (Å²) in [6.07, 6.45) is 6.97. The maximum absolute atomic E-state index is 13.2. The Kier molecular flexibility index (Phi) is 9.38. The highest BCUT2D eigenvalue weighted by atomic mass is 32.2. The number of carbonyl (C=O) groups excluding carboxylic acids is 2. The maximum Gasteiger partial charge on any atom is 0.252 e. The van der Waals surface area contributed by atoms with Crippen LogP contribution in [0.5, 0.6) is 0 Å². The molecule has 1 heterocycles. The SMILES string of the molecule is CSCCC(NC(=O)c1ccccc1C)C(=O)N1CCN(C/C=C/c2ccccc2)CC1. The molecule has 1 atom stereocenters. The number of piperazine rings is 1. The molecular formula is C26H33N3O2S. The van der Waals surface area contributed by atoms with Gasteiger partial charge in [-0.3, -0.25) is 14.5 Å². The van der Waals surface area contributed by atoms with Crippen LogP contribution in [0.25, 0.3) is 6.08 Å². The zero-order valence-corrected chi connectivity index (χ0v) is 19.8. The van der Waals surface area contributed by atoms with Crippen molar-refractivity contribution in [1.82, 2.24) is 15.1 Å². The van der Waals surface area contributed by atoms with Crippen molar-refractivity contribution in [3.05, 3.63) is 77.4 Å². The van der Waals surface area contributed by atoms with Crippen molar-refractivity contribution < 1.29 is 9.59 Å². The van der Waals surface area contributed by atoms with E-state index in [1.54, 1.807) is 11.8 Å². The summed E-state index contributed by atoms with van der Waals surface area (Å²) in [6, 6.07) is 17.3. The van der Waals surface area contributed by atoms with Crippen LogP contribution in [0.2, 0.25) is 0 Å². The van der Waals surface area contributed by atoms with Crippen molar-refractivity contribution >= 4 is 29.7 Å². The number of benzene rings is 2. The van der Waals surface area contributed by atoms with Gasteiger partial charge in [0.05, 0.1) is 0 Å². The molecule has 0 bridgehead atoms. The fraction of sp³-hybridized carbons (Fsp3) is 0.385. The number of thioether (sulfide) groups is 1. The number of carbonyl (C=O) groups is 2. The summed E-state index contributed by atoms with van der Waals surface area (Å²) >= 11 is 1.69. The summed E-state index contributed by atoms with van der Waals surface area (Å²) in [5.41, 5.74) is 2.74. The van der Waals surface area contributed by atoms with Crippen LogP contribution in [-0.2, 0) is 4.79 Å². The second kappa shape index (κ2) is 12.5. The average molecular weight is 452 g/mol. The van der Waals surface area contributed by atoms with E-state index < -0.39 is 6.04 Å². The molecule has 0 spiro atoms. The lowest BCUT2D eigenvalue weighted by Crippen LogP contribution is -2.55. The van der Waals surface area contributed by atoms with E-state index in [9.17, 15) is 9.59 Å². The van der Waals surface area contributed by atoms with Gasteiger partial charge in [-0.15, -0.1) is 0 Å². The Morgan fingerprint density at radius 3 is 2.41 bits per heavy atom. The van der Waals surface area contributed by atoms with E-state index in [1.807, 2.05) is 60.5 Å². The molecule has 1 N–H and O–H groups in total. The minimum Gasteiger partial charge on any atom is -0.340 e. The molecule has 3 rings (SSSR count). The molecule has 170 valence electrons. The normalized spacial score (nSPS) is 15.6. The van der Waals surface area contributed by atoms with Crippen molar-refractivity contribution in [3.63, 3.8) is 0 Å². The van der Waals surface area contributed by atoms with Crippen molar-refractivity contribution in [2.24, 2.45) is 0 Å². The molecule has 0 saturated carbocycles. The Labute approximate surface area is 195 Å². The van der Waals surface area contributed by atoms with Crippen LogP contribution in [0.4, 0.5) is 0 Å². The highest BCUT2D eigenvalue weighted by Gasteiger charge is 2.28. The maximum atomic E-state index is 13.2. The molecule has 0 aliphatic carbocycles. The highest BCUT2D eigenvalue weighted by molar-refractivity contribution is 7.98. The average Bonchev–Trinajstić information content (AvgIpc) is 2.82. The molecule has 1 saturated heterocycles. The first-order valence-electron chi connectivity index (χ1n) is 11.2. The molecule has 6 heteroatoms. The van der Waals surface area contributed by atoms with E-state index in [-0.39, 0.29) is 11.8 Å². The molecular weight excluding hydrogens is 418 g/mol. The van der Waals surface area contributed by atoms with Gasteiger partial charge in [0.2, 0.25) is 5.91 Å². The van der Waals surface area contributed by atoms with Crippen LogP contribution in [0, 0.1) is 6.92 Å². The molecule has 0 aromatic heterocycles. The number of rotatable bonds is 9. The van der Waals surface area contributed by atoms with E-state index in [0.29, 0.717) is 25.1 Å². The monoisotopic (exact) mass is 451 g/mol. The number of aryl methyl sites for hydroxylation is 1. The van der Waals surface area contributed by atoms with Crippen LogP contribution < -0.4 is 5.32 Å². The van der Waals surface area contributed by atoms with E-state index in [0.717, 1.165) is 31.0 Å². The summed E-state index contributed by atoms with van der Waals surface area (Å²) in [7, 11) is 0. The van der Waals surface area contributed by atoms with Gasteiger partial charge >= 0.3 is 0 Å². The largest absolute Gasteiger partial charge is 0.340 e. The summed E-state index contributed by atoms with van der Waals surface area (Å²) < 4.78 is 0. The third-order valence-corrected chi connectivity index (χ3v) is 6.41. The van der Waals surface area contributed by atoms with Crippen LogP contribution >= 0.6 is 11.8 Å². The van der Waals surface area contributed by atoms with Gasteiger partial charge in [-0.1, -0.05) is 60.7 Å². The Balaban J connectivity index is 1.53. The lowest BCUT2D eigenvalue weighted by Gasteiger charge is -2.36.